The van der Waals surface area contributed by atoms with Crippen LogP contribution >= 0.6 is 0 Å². The molecule has 0 aliphatic carbocycles. The minimum atomic E-state index is -0.487. The first kappa shape index (κ1) is 28.1. The number of aromatic nitrogens is 3. The van der Waals surface area contributed by atoms with Gasteiger partial charge in [0.1, 0.15) is 11.4 Å². The Morgan fingerprint density at radius 1 is 1.20 bits per heavy atom. The monoisotopic (exact) mass is 606 g/mol. The van der Waals surface area contributed by atoms with Crippen LogP contribution in [-0.2, 0) is 19.7 Å². The van der Waals surface area contributed by atoms with Gasteiger partial charge >= 0.3 is 0 Å². The van der Waals surface area contributed by atoms with Gasteiger partial charge in [0.2, 0.25) is 11.9 Å². The molecule has 8 rings (SSSR count). The van der Waals surface area contributed by atoms with Crippen molar-refractivity contribution in [1.29, 1.82) is 0 Å². The number of ether oxygens (including phenoxy) is 1. The molecule has 5 aliphatic heterocycles. The molecule has 5 aliphatic rings. The number of likely N-dealkylation sites (tertiary alicyclic amines) is 2. The molecule has 3 aromatic rings. The van der Waals surface area contributed by atoms with Gasteiger partial charge in [-0.05, 0) is 42.5 Å². The maximum absolute atomic E-state index is 12.3. The number of hydrogen-bond donors (Lipinski definition) is 2. The Hall–Kier alpha value is -4.35. The summed E-state index contributed by atoms with van der Waals surface area (Å²) in [7, 11) is 0. The molecule has 2 amide bonds. The van der Waals surface area contributed by atoms with E-state index in [4.69, 9.17) is 15.5 Å². The number of hydrogen-bond acceptors (Lipinski definition) is 8. The maximum atomic E-state index is 12.3. The summed E-state index contributed by atoms with van der Waals surface area (Å²) >= 11 is 0. The van der Waals surface area contributed by atoms with Crippen molar-refractivity contribution in [2.45, 2.75) is 43.2 Å². The second-order valence-corrected chi connectivity index (χ2v) is 13.5. The van der Waals surface area contributed by atoms with E-state index in [1.165, 1.54) is 6.08 Å². The van der Waals surface area contributed by atoms with Gasteiger partial charge in [0.15, 0.2) is 0 Å². The Balaban J connectivity index is 1.03. The van der Waals surface area contributed by atoms with Crippen LogP contribution in [-0.4, -0.2) is 100 Å². The number of anilines is 1. The van der Waals surface area contributed by atoms with Gasteiger partial charge in [-0.25, -0.2) is 4.98 Å². The molecular weight excluding hydrogens is 568 g/mol. The van der Waals surface area contributed by atoms with Gasteiger partial charge in [-0.3, -0.25) is 14.6 Å². The minimum absolute atomic E-state index is 0.0116. The number of nitrogens with zero attached hydrogens (tertiary/aromatic N) is 6. The Kier molecular flexibility index (Phi) is 6.65. The molecule has 4 fully saturated rings. The molecule has 3 N–H and O–H groups in total. The van der Waals surface area contributed by atoms with Crippen molar-refractivity contribution in [3.8, 4) is 11.3 Å². The first-order valence-corrected chi connectivity index (χ1v) is 15.8. The van der Waals surface area contributed by atoms with Crippen LogP contribution in [0.25, 0.3) is 22.3 Å². The SMILES string of the molecule is C=CC(=O)N1CCCC2(CN(CC3(c4ccc(-c5cc6cnc(N7C[C@H]8C[C@@H]7CO8)nc6[nH]5)cc4)C=CN=C(C(N)=O)C3)C2)C1. The zero-order valence-corrected chi connectivity index (χ0v) is 25.3. The molecule has 45 heavy (non-hydrogen) atoms. The summed E-state index contributed by atoms with van der Waals surface area (Å²) in [6.45, 7) is 9.38. The second-order valence-electron chi connectivity index (χ2n) is 13.5. The van der Waals surface area contributed by atoms with Crippen LogP contribution in [0.5, 0.6) is 0 Å². The number of nitrogens with two attached hydrogens (primary N) is 1. The summed E-state index contributed by atoms with van der Waals surface area (Å²) in [5, 5.41) is 0.968. The summed E-state index contributed by atoms with van der Waals surface area (Å²) in [6, 6.07) is 11.0. The van der Waals surface area contributed by atoms with Gasteiger partial charge in [0, 0.05) is 80.0 Å². The number of carbonyl (C=O) groups is 2. The normalized spacial score (nSPS) is 27.2. The lowest BCUT2D eigenvalue weighted by molar-refractivity contribution is -0.134. The van der Waals surface area contributed by atoms with E-state index >= 15 is 0 Å². The van der Waals surface area contributed by atoms with Crippen molar-refractivity contribution in [1.82, 2.24) is 24.8 Å². The fraction of sp³-hybridized carbons (Fsp3) is 0.441. The average Bonchev–Trinajstić information content (AvgIpc) is 3.80. The predicted molar refractivity (Wildman–Crippen MR) is 172 cm³/mol. The Labute approximate surface area is 261 Å². The van der Waals surface area contributed by atoms with Crippen LogP contribution < -0.4 is 10.6 Å². The molecule has 2 bridgehead atoms. The third kappa shape index (κ3) is 4.94. The summed E-state index contributed by atoms with van der Waals surface area (Å²) in [5.41, 5.74) is 9.73. The second kappa shape index (κ2) is 10.6. The van der Waals surface area contributed by atoms with Gasteiger partial charge in [-0.1, -0.05) is 36.9 Å². The average molecular weight is 607 g/mol. The van der Waals surface area contributed by atoms with E-state index < -0.39 is 11.3 Å². The first-order chi connectivity index (χ1) is 21.8. The number of aromatic amines is 1. The molecule has 1 unspecified atom stereocenters. The van der Waals surface area contributed by atoms with E-state index in [0.717, 1.165) is 98.9 Å². The molecular formula is C34H38N8O3. The quantitative estimate of drug-likeness (QED) is 0.395. The fourth-order valence-electron chi connectivity index (χ4n) is 8.25. The van der Waals surface area contributed by atoms with Gasteiger partial charge in [0.05, 0.1) is 18.8 Å². The van der Waals surface area contributed by atoms with Crippen molar-refractivity contribution in [3.63, 3.8) is 0 Å². The highest BCUT2D eigenvalue weighted by molar-refractivity contribution is 6.39. The number of piperidine rings is 1. The molecule has 7 heterocycles. The molecule has 0 saturated carbocycles. The Morgan fingerprint density at radius 3 is 2.78 bits per heavy atom. The number of nitrogens with one attached hydrogen (secondary N) is 1. The van der Waals surface area contributed by atoms with Crippen LogP contribution in [0.4, 0.5) is 5.95 Å². The number of benzene rings is 1. The number of amides is 2. The summed E-state index contributed by atoms with van der Waals surface area (Å²) < 4.78 is 5.75. The lowest BCUT2D eigenvalue weighted by Crippen LogP contribution is -2.65. The number of primary amides is 1. The molecule has 11 nitrogen and oxygen atoms in total. The van der Waals surface area contributed by atoms with E-state index in [9.17, 15) is 9.59 Å². The molecule has 11 heteroatoms. The minimum Gasteiger partial charge on any atom is -0.374 e. The smallest absolute Gasteiger partial charge is 0.263 e. The van der Waals surface area contributed by atoms with E-state index in [0.29, 0.717) is 18.2 Å². The highest BCUT2D eigenvalue weighted by atomic mass is 16.5. The third-order valence-corrected chi connectivity index (χ3v) is 10.4. The zero-order valence-electron chi connectivity index (χ0n) is 25.3. The molecule has 1 spiro atoms. The van der Waals surface area contributed by atoms with Gasteiger partial charge in [0.25, 0.3) is 5.91 Å². The van der Waals surface area contributed by atoms with Crippen LogP contribution in [0.15, 0.2) is 66.5 Å². The third-order valence-electron chi connectivity index (χ3n) is 10.4. The standard InChI is InChI=1S/C34H38N8O3/c1-2-29(43)41-11-3-8-33(20-41)18-40(19-33)21-34(9-10-36-28(14-34)30(35)44)24-6-4-22(5-7-24)27-12-23-15-37-32(39-31(23)38-27)42-16-26-13-25(42)17-45-26/h2,4-7,9-10,12,15,25-26H,1,3,8,11,13-14,16-21H2,(H2,35,44)(H,37,38,39)/t25-,26-,34?/m1/s1. The van der Waals surface area contributed by atoms with Crippen LogP contribution in [0.3, 0.4) is 0 Å². The molecule has 232 valence electrons. The van der Waals surface area contributed by atoms with E-state index in [1.807, 2.05) is 11.1 Å². The first-order valence-electron chi connectivity index (χ1n) is 15.8. The predicted octanol–water partition coefficient (Wildman–Crippen LogP) is 2.79. The molecule has 0 radical (unpaired) electrons. The highest BCUT2D eigenvalue weighted by Gasteiger charge is 2.49. The number of morpholine rings is 1. The number of rotatable bonds is 7. The van der Waals surface area contributed by atoms with Crippen LogP contribution in [0, 0.1) is 5.41 Å². The lowest BCUT2D eigenvalue weighted by atomic mass is 9.69. The van der Waals surface area contributed by atoms with E-state index in [1.54, 1.807) is 6.20 Å². The molecule has 3 atom stereocenters. The van der Waals surface area contributed by atoms with E-state index in [-0.39, 0.29) is 17.4 Å². The molecule has 4 saturated heterocycles. The van der Waals surface area contributed by atoms with Crippen molar-refractivity contribution < 1.29 is 14.3 Å². The Bertz CT molecular complexity index is 1740. The molecule has 2 aromatic heterocycles. The van der Waals surface area contributed by atoms with Crippen molar-refractivity contribution in [2.24, 2.45) is 16.1 Å². The van der Waals surface area contributed by atoms with Gasteiger partial charge < -0.3 is 30.2 Å². The largest absolute Gasteiger partial charge is 0.374 e. The molecule has 1 aromatic carbocycles. The number of fused-ring (bicyclic) bond motifs is 3. The number of carbonyl (C=O) groups excluding carboxylic acids is 2. The number of H-pyrrole nitrogens is 1. The topological polar surface area (TPSA) is 133 Å². The lowest BCUT2D eigenvalue weighted by Gasteiger charge is -2.56. The zero-order chi connectivity index (χ0) is 30.8. The maximum Gasteiger partial charge on any atom is 0.263 e. The summed E-state index contributed by atoms with van der Waals surface area (Å²) in [6.07, 6.45) is 11.0. The fourth-order valence-corrected chi connectivity index (χ4v) is 8.25. The highest BCUT2D eigenvalue weighted by Crippen LogP contribution is 2.43. The van der Waals surface area contributed by atoms with Crippen molar-refractivity contribution in [3.05, 3.63) is 67.0 Å². The van der Waals surface area contributed by atoms with Crippen molar-refractivity contribution in [2.75, 3.05) is 50.8 Å². The Morgan fingerprint density at radius 2 is 2.04 bits per heavy atom. The summed E-state index contributed by atoms with van der Waals surface area (Å²) in [5.74, 6) is 0.276. The van der Waals surface area contributed by atoms with Gasteiger partial charge in [-0.2, -0.15) is 4.98 Å². The van der Waals surface area contributed by atoms with Crippen molar-refractivity contribution >= 4 is 34.5 Å². The van der Waals surface area contributed by atoms with Gasteiger partial charge in [-0.15, -0.1) is 0 Å². The van der Waals surface area contributed by atoms with Crippen LogP contribution in [0.2, 0.25) is 0 Å². The van der Waals surface area contributed by atoms with Crippen LogP contribution in [0.1, 0.15) is 31.2 Å². The van der Waals surface area contributed by atoms with E-state index in [2.05, 4.69) is 67.7 Å². The summed E-state index contributed by atoms with van der Waals surface area (Å²) in [4.78, 5) is 48.6. The number of aliphatic imine (C=N–C) groups is 1.